The van der Waals surface area contributed by atoms with Gasteiger partial charge in [-0.3, -0.25) is 10.1 Å². The Morgan fingerprint density at radius 3 is 2.71 bits per heavy atom. The summed E-state index contributed by atoms with van der Waals surface area (Å²) in [6.45, 7) is 0. The molecular formula is C10H12NO2S+. The van der Waals surface area contributed by atoms with Crippen molar-refractivity contribution < 1.29 is 9.90 Å². The van der Waals surface area contributed by atoms with Crippen LogP contribution in [0.2, 0.25) is 0 Å². The molecule has 1 unspecified atom stereocenters. The standard InChI is InChI=1S/C10H11NO2S/c12-10(13)9-6-14(7-11-9)8-4-2-1-3-5-8/h1-5,9,11H,6-7H2/p+1/t9-,14?/m0/s1. The molecule has 1 aliphatic rings. The van der Waals surface area contributed by atoms with Gasteiger partial charge < -0.3 is 5.11 Å². The topological polar surface area (TPSA) is 49.3 Å². The van der Waals surface area contributed by atoms with Gasteiger partial charge in [0.1, 0.15) is 5.75 Å². The zero-order valence-electron chi connectivity index (χ0n) is 7.64. The van der Waals surface area contributed by atoms with Gasteiger partial charge in [0.25, 0.3) is 0 Å². The van der Waals surface area contributed by atoms with Crippen molar-refractivity contribution in [3.63, 3.8) is 0 Å². The Morgan fingerprint density at radius 1 is 1.43 bits per heavy atom. The van der Waals surface area contributed by atoms with Crippen LogP contribution in [0.15, 0.2) is 35.2 Å². The van der Waals surface area contributed by atoms with E-state index in [-0.39, 0.29) is 16.9 Å². The molecule has 1 saturated heterocycles. The molecule has 1 fully saturated rings. The number of carboxylic acids is 1. The molecule has 0 spiro atoms. The summed E-state index contributed by atoms with van der Waals surface area (Å²) in [4.78, 5) is 12.0. The molecule has 0 aliphatic carbocycles. The van der Waals surface area contributed by atoms with E-state index in [1.807, 2.05) is 18.2 Å². The molecule has 2 atom stereocenters. The molecule has 4 heteroatoms. The number of rotatable bonds is 2. The fourth-order valence-electron chi connectivity index (χ4n) is 1.47. The van der Waals surface area contributed by atoms with Gasteiger partial charge in [0.05, 0.1) is 0 Å². The Bertz CT molecular complexity index is 328. The molecule has 0 radical (unpaired) electrons. The largest absolute Gasteiger partial charge is 0.480 e. The van der Waals surface area contributed by atoms with E-state index in [9.17, 15) is 4.79 Å². The van der Waals surface area contributed by atoms with Crippen LogP contribution in [0.1, 0.15) is 0 Å². The third-order valence-corrected chi connectivity index (χ3v) is 4.44. The predicted octanol–water partition coefficient (Wildman–Crippen LogP) is 0.678. The lowest BCUT2D eigenvalue weighted by atomic mass is 10.4. The summed E-state index contributed by atoms with van der Waals surface area (Å²) in [5, 5.41) is 11.8. The van der Waals surface area contributed by atoms with Gasteiger partial charge >= 0.3 is 5.97 Å². The van der Waals surface area contributed by atoms with E-state index in [1.54, 1.807) is 0 Å². The third kappa shape index (κ3) is 1.91. The number of hydrogen-bond donors (Lipinski definition) is 2. The number of benzene rings is 1. The van der Waals surface area contributed by atoms with Gasteiger partial charge in [-0.25, -0.2) is 0 Å². The summed E-state index contributed by atoms with van der Waals surface area (Å²) in [7, 11) is 0.0667. The Hall–Kier alpha value is -1.00. The minimum Gasteiger partial charge on any atom is -0.480 e. The minimum atomic E-state index is -0.740. The summed E-state index contributed by atoms with van der Waals surface area (Å²) in [5.74, 6) is 0.774. The molecule has 74 valence electrons. The number of nitrogens with one attached hydrogen (secondary N) is 1. The highest BCUT2D eigenvalue weighted by molar-refractivity contribution is 7.97. The first kappa shape index (κ1) is 9.55. The van der Waals surface area contributed by atoms with Crippen LogP contribution in [0.4, 0.5) is 0 Å². The highest BCUT2D eigenvalue weighted by Crippen LogP contribution is 2.18. The van der Waals surface area contributed by atoms with E-state index in [4.69, 9.17) is 5.11 Å². The SMILES string of the molecule is O=C(O)[C@@H]1C[S+](c2ccccc2)CN1. The van der Waals surface area contributed by atoms with Gasteiger partial charge in [-0.15, -0.1) is 0 Å². The number of carbonyl (C=O) groups is 1. The molecule has 1 aliphatic heterocycles. The van der Waals surface area contributed by atoms with Gasteiger partial charge in [0.2, 0.25) is 0 Å². The van der Waals surface area contributed by atoms with Crippen molar-refractivity contribution in [1.29, 1.82) is 0 Å². The van der Waals surface area contributed by atoms with E-state index < -0.39 is 5.97 Å². The van der Waals surface area contributed by atoms with Gasteiger partial charge in [0.15, 0.2) is 16.8 Å². The second-order valence-electron chi connectivity index (χ2n) is 3.21. The molecule has 2 rings (SSSR count). The van der Waals surface area contributed by atoms with Crippen molar-refractivity contribution >= 4 is 16.9 Å². The van der Waals surface area contributed by atoms with Crippen molar-refractivity contribution in [2.24, 2.45) is 0 Å². The van der Waals surface area contributed by atoms with Crippen LogP contribution in [0.25, 0.3) is 0 Å². The van der Waals surface area contributed by atoms with Crippen molar-refractivity contribution in [3.05, 3.63) is 30.3 Å². The summed E-state index contributed by atoms with van der Waals surface area (Å²) in [6, 6.07) is 9.74. The number of carboxylic acid groups (broad SMARTS) is 1. The van der Waals surface area contributed by atoms with Gasteiger partial charge in [-0.05, 0) is 12.1 Å². The van der Waals surface area contributed by atoms with E-state index in [0.29, 0.717) is 0 Å². The smallest absolute Gasteiger partial charge is 0.325 e. The van der Waals surface area contributed by atoms with Crippen LogP contribution < -0.4 is 5.32 Å². The average molecular weight is 210 g/mol. The van der Waals surface area contributed by atoms with Crippen LogP contribution in [-0.4, -0.2) is 28.7 Å². The van der Waals surface area contributed by atoms with Crippen LogP contribution in [-0.2, 0) is 15.7 Å². The molecular weight excluding hydrogens is 198 g/mol. The Labute approximate surface area is 85.5 Å². The zero-order valence-corrected chi connectivity index (χ0v) is 8.46. The highest BCUT2D eigenvalue weighted by atomic mass is 32.2. The lowest BCUT2D eigenvalue weighted by Crippen LogP contribution is -2.32. The molecule has 1 aromatic rings. The average Bonchev–Trinajstić information content (AvgIpc) is 2.68. The molecule has 0 saturated carbocycles. The van der Waals surface area contributed by atoms with Crippen molar-refractivity contribution in [3.8, 4) is 0 Å². The van der Waals surface area contributed by atoms with Crippen LogP contribution >= 0.6 is 0 Å². The first-order valence-corrected chi connectivity index (χ1v) is 6.02. The van der Waals surface area contributed by atoms with Gasteiger partial charge in [-0.1, -0.05) is 18.2 Å². The molecule has 0 aromatic heterocycles. The Balaban J connectivity index is 2.06. The van der Waals surface area contributed by atoms with Crippen LogP contribution in [0, 0.1) is 0 Å². The monoisotopic (exact) mass is 210 g/mol. The fourth-order valence-corrected chi connectivity index (χ4v) is 3.56. The van der Waals surface area contributed by atoms with Gasteiger partial charge in [0, 0.05) is 10.9 Å². The van der Waals surface area contributed by atoms with E-state index in [0.717, 1.165) is 11.6 Å². The van der Waals surface area contributed by atoms with Crippen molar-refractivity contribution in [2.45, 2.75) is 10.9 Å². The third-order valence-electron chi connectivity index (χ3n) is 2.25. The van der Waals surface area contributed by atoms with Crippen molar-refractivity contribution in [1.82, 2.24) is 5.32 Å². The Morgan fingerprint density at radius 2 is 2.14 bits per heavy atom. The molecule has 1 heterocycles. The second kappa shape index (κ2) is 4.02. The molecule has 0 amide bonds. The zero-order chi connectivity index (χ0) is 9.97. The maximum Gasteiger partial charge on any atom is 0.325 e. The first-order chi connectivity index (χ1) is 6.77. The highest BCUT2D eigenvalue weighted by Gasteiger charge is 2.37. The summed E-state index contributed by atoms with van der Waals surface area (Å²) >= 11 is 0. The minimum absolute atomic E-state index is 0.0667. The molecule has 2 N–H and O–H groups in total. The summed E-state index contributed by atoms with van der Waals surface area (Å²) in [5.41, 5.74) is 0. The van der Waals surface area contributed by atoms with Crippen LogP contribution in [0.3, 0.4) is 0 Å². The van der Waals surface area contributed by atoms with E-state index in [2.05, 4.69) is 17.4 Å². The Kier molecular flexibility index (Phi) is 2.74. The van der Waals surface area contributed by atoms with E-state index >= 15 is 0 Å². The van der Waals surface area contributed by atoms with Crippen LogP contribution in [0.5, 0.6) is 0 Å². The lowest BCUT2D eigenvalue weighted by molar-refractivity contribution is -0.138. The predicted molar refractivity (Wildman–Crippen MR) is 56.4 cm³/mol. The number of hydrogen-bond acceptors (Lipinski definition) is 2. The lowest BCUT2D eigenvalue weighted by Gasteiger charge is -1.98. The van der Waals surface area contributed by atoms with Crippen molar-refractivity contribution in [2.75, 3.05) is 11.6 Å². The molecule has 1 aromatic carbocycles. The molecule has 3 nitrogen and oxygen atoms in total. The summed E-state index contributed by atoms with van der Waals surface area (Å²) in [6.07, 6.45) is 0. The quantitative estimate of drug-likeness (QED) is 0.706. The molecule has 14 heavy (non-hydrogen) atoms. The van der Waals surface area contributed by atoms with Gasteiger partial charge in [-0.2, -0.15) is 0 Å². The normalized spacial score (nSPS) is 26.3. The number of aliphatic carboxylic acids is 1. The summed E-state index contributed by atoms with van der Waals surface area (Å²) < 4.78 is 0. The van der Waals surface area contributed by atoms with E-state index in [1.165, 1.54) is 4.90 Å². The molecule has 0 bridgehead atoms. The maximum atomic E-state index is 10.7. The second-order valence-corrected chi connectivity index (χ2v) is 5.29. The maximum absolute atomic E-state index is 10.7. The fraction of sp³-hybridized carbons (Fsp3) is 0.300. The first-order valence-electron chi connectivity index (χ1n) is 4.46.